The molecule has 5 rings (SSSR count). The van der Waals surface area contributed by atoms with Crippen LogP contribution in [0.3, 0.4) is 0 Å². The summed E-state index contributed by atoms with van der Waals surface area (Å²) >= 11 is 0. The highest BCUT2D eigenvalue weighted by Gasteiger charge is 2.32. The first-order chi connectivity index (χ1) is 58.1. The lowest BCUT2D eigenvalue weighted by molar-refractivity contribution is -0.929. The predicted molar refractivity (Wildman–Crippen MR) is 492 cm³/mol. The lowest BCUT2D eigenvalue weighted by Crippen LogP contribution is -2.50. The zero-order valence-corrected chi connectivity index (χ0v) is 83.9. The Labute approximate surface area is 752 Å². The van der Waals surface area contributed by atoms with Gasteiger partial charge in [-0.25, -0.2) is 33.7 Å². The number of unbranched alkanes of at least 4 members (excludes halogenated alkanes) is 12. The van der Waals surface area contributed by atoms with Crippen LogP contribution in [0.2, 0.25) is 0 Å². The number of hydrogen-bond donors (Lipinski definition) is 0. The van der Waals surface area contributed by atoms with E-state index >= 15 is 0 Å². The van der Waals surface area contributed by atoms with Gasteiger partial charge in [-0.2, -0.15) is 0 Å². The number of carbonyl (C=O) groups is 6. The average Bonchev–Trinajstić information content (AvgIpc) is 1.38. The zero-order valence-electron chi connectivity index (χ0n) is 80.7. The Bertz CT molecular complexity index is 2920. The molecule has 5 aliphatic rings. The van der Waals surface area contributed by atoms with Gasteiger partial charge in [0.1, 0.15) is 31.4 Å². The number of ketones is 2. The average molecular weight is 1840 g/mol. The highest BCUT2D eigenvalue weighted by molar-refractivity contribution is 7.86. The number of carbonyl (C=O) groups excluding carboxylic acids is 6. The van der Waals surface area contributed by atoms with Crippen molar-refractivity contribution in [1.82, 2.24) is 0 Å². The molecule has 5 saturated carbocycles. The van der Waals surface area contributed by atoms with E-state index in [9.17, 15) is 80.6 Å². The summed E-state index contributed by atoms with van der Waals surface area (Å²) in [5.41, 5.74) is 0. The highest BCUT2D eigenvalue weighted by Crippen LogP contribution is 2.29. The van der Waals surface area contributed by atoms with Crippen LogP contribution in [0.4, 0.5) is 0 Å². The molecule has 0 aromatic carbocycles. The van der Waals surface area contributed by atoms with Gasteiger partial charge in [-0.05, 0) is 161 Å². The Hall–Kier alpha value is -3.30. The number of quaternary nitrogens is 4. The van der Waals surface area contributed by atoms with Crippen LogP contribution in [0.25, 0.3) is 0 Å². The third-order valence-corrected chi connectivity index (χ3v) is 27.2. The summed E-state index contributed by atoms with van der Waals surface area (Å²) < 4.78 is 147. The smallest absolute Gasteiger partial charge is 0.308 e. The van der Waals surface area contributed by atoms with Gasteiger partial charge in [0, 0.05) is 31.4 Å². The molecule has 30 heteroatoms. The zero-order chi connectivity index (χ0) is 93.6. The maximum atomic E-state index is 11.5. The van der Waals surface area contributed by atoms with Crippen LogP contribution in [0, 0.1) is 23.7 Å². The number of rotatable bonds is 54. The Morgan fingerprint density at radius 2 is 0.447 bits per heavy atom. The molecular formula is C93H184N4O22S4. The largest absolute Gasteiger partial charge is 0.748 e. The summed E-state index contributed by atoms with van der Waals surface area (Å²) in [5.74, 6) is -4.66. The minimum absolute atomic E-state index is 0.0171. The number of hydrogen-bond acceptors (Lipinski definition) is 22. The molecule has 0 radical (unpaired) electrons. The minimum atomic E-state index is -4.34. The van der Waals surface area contributed by atoms with Crippen LogP contribution >= 0.6 is 0 Å². The number of esters is 4. The molecule has 0 unspecified atom stereocenters. The molecule has 0 bridgehead atoms. The van der Waals surface area contributed by atoms with Crippen LogP contribution < -0.4 is 0 Å². The molecule has 732 valence electrons. The second-order valence-corrected chi connectivity index (χ2v) is 42.5. The Balaban J connectivity index is -0.00000134. The van der Waals surface area contributed by atoms with Gasteiger partial charge in [0.05, 0.1) is 194 Å². The van der Waals surface area contributed by atoms with Crippen LogP contribution in [-0.4, -0.2) is 260 Å². The van der Waals surface area contributed by atoms with Crippen LogP contribution in [0.1, 0.15) is 385 Å². The predicted octanol–water partition coefficient (Wildman–Crippen LogP) is 18.0. The molecule has 0 amide bonds. The summed E-state index contributed by atoms with van der Waals surface area (Å²) in [6.45, 7) is 43.9. The molecule has 26 nitrogen and oxygen atoms in total. The number of Topliss-reactive ketones (excluding diaryl/α,β-unsaturated/α-hetero) is 2. The van der Waals surface area contributed by atoms with Gasteiger partial charge in [-0.3, -0.25) is 28.8 Å². The van der Waals surface area contributed by atoms with Crippen molar-refractivity contribution < 1.29 is 118 Å². The summed E-state index contributed by atoms with van der Waals surface area (Å²) in [6.07, 6.45) is 52.3. The number of nitrogens with zero attached hydrogens (tertiary/aromatic N) is 4. The second-order valence-electron chi connectivity index (χ2n) is 36.4. The molecular weight excluding hydrogens is 1650 g/mol. The van der Waals surface area contributed by atoms with Crippen LogP contribution in [0.15, 0.2) is 0 Å². The van der Waals surface area contributed by atoms with Crippen molar-refractivity contribution >= 4 is 75.9 Å². The summed E-state index contributed by atoms with van der Waals surface area (Å²) in [5, 5.41) is 0. The van der Waals surface area contributed by atoms with E-state index in [0.717, 1.165) is 63.8 Å². The molecule has 0 aromatic heterocycles. The van der Waals surface area contributed by atoms with Gasteiger partial charge in [0.25, 0.3) is 0 Å². The van der Waals surface area contributed by atoms with E-state index in [1.165, 1.54) is 283 Å². The minimum Gasteiger partial charge on any atom is -0.748 e. The molecule has 0 aromatic rings. The lowest BCUT2D eigenvalue weighted by Gasteiger charge is -2.39. The summed E-state index contributed by atoms with van der Waals surface area (Å²) in [4.78, 5) is 67.3. The van der Waals surface area contributed by atoms with Crippen molar-refractivity contribution in [1.29, 1.82) is 0 Å². The third kappa shape index (κ3) is 71.2. The van der Waals surface area contributed by atoms with E-state index in [1.54, 1.807) is 0 Å². The quantitative estimate of drug-likeness (QED) is 0.0179. The molecule has 0 spiro atoms. The molecule has 0 heterocycles. The topological polar surface area (TPSA) is 368 Å². The third-order valence-electron chi connectivity index (χ3n) is 24.4. The first-order valence-electron chi connectivity index (χ1n) is 48.9. The second kappa shape index (κ2) is 74.4. The van der Waals surface area contributed by atoms with Crippen molar-refractivity contribution in [2.45, 2.75) is 391 Å². The monoisotopic (exact) mass is 1840 g/mol. The van der Waals surface area contributed by atoms with Gasteiger partial charge in [-0.1, -0.05) is 199 Å². The molecule has 123 heavy (non-hydrogen) atoms. The van der Waals surface area contributed by atoms with Crippen molar-refractivity contribution in [3.8, 4) is 0 Å². The van der Waals surface area contributed by atoms with Crippen molar-refractivity contribution in [3.05, 3.63) is 0 Å². The van der Waals surface area contributed by atoms with Gasteiger partial charge < -0.3 is 55.1 Å². The maximum Gasteiger partial charge on any atom is 0.308 e. The fourth-order valence-electron chi connectivity index (χ4n) is 16.3. The maximum absolute atomic E-state index is 11.5. The van der Waals surface area contributed by atoms with Gasteiger partial charge >= 0.3 is 23.9 Å². The molecule has 0 saturated heterocycles. The fourth-order valence-corrected chi connectivity index (χ4v) is 17.6. The summed E-state index contributed by atoms with van der Waals surface area (Å²) in [6, 6.07) is 0.939. The molecule has 0 aliphatic heterocycles. The van der Waals surface area contributed by atoms with E-state index in [-0.39, 0.29) is 73.4 Å². The molecule has 5 aliphatic carbocycles. The van der Waals surface area contributed by atoms with Gasteiger partial charge in [-0.15, -0.1) is 0 Å². The summed E-state index contributed by atoms with van der Waals surface area (Å²) in [7, 11) is -10.2. The van der Waals surface area contributed by atoms with E-state index in [0.29, 0.717) is 51.4 Å². The van der Waals surface area contributed by atoms with Crippen LogP contribution in [0.5, 0.6) is 0 Å². The van der Waals surface area contributed by atoms with E-state index < -0.39 is 82.0 Å². The van der Waals surface area contributed by atoms with E-state index in [2.05, 4.69) is 114 Å². The Morgan fingerprint density at radius 1 is 0.268 bits per heavy atom. The van der Waals surface area contributed by atoms with E-state index in [4.69, 9.17) is 9.47 Å². The van der Waals surface area contributed by atoms with Gasteiger partial charge in [0.15, 0.2) is 0 Å². The first kappa shape index (κ1) is 124. The lowest BCUT2D eigenvalue weighted by atomic mass is 9.88. The highest BCUT2D eigenvalue weighted by atomic mass is 32.2. The fraction of sp³-hybridized carbons (Fsp3) is 0.935. The molecule has 0 atom stereocenters. The molecule has 5 fully saturated rings. The van der Waals surface area contributed by atoms with Crippen molar-refractivity contribution in [2.24, 2.45) is 23.7 Å². The van der Waals surface area contributed by atoms with Gasteiger partial charge in [0.2, 0.25) is 0 Å². The normalized spacial score (nSPS) is 16.1. The van der Waals surface area contributed by atoms with Crippen molar-refractivity contribution in [2.75, 3.05) is 149 Å². The van der Waals surface area contributed by atoms with Crippen molar-refractivity contribution in [3.63, 3.8) is 0 Å². The first-order valence-corrected chi connectivity index (χ1v) is 55.2. The SMILES string of the molecule is CCCC[N+](CCCC)(CCCC)CCCC.CCCC[N+](CCCC)(CCCC)CCCC.CCCC[N+](CCCC)(CCCC)CCCC.C[N+](C)(C)C1CCCCC1.O=C(OCCS(=O)(=O)[O-])C1CCCC1.O=C(OCCS(=O)(=O)[O-])C1CCCCC1.O=C1CCC(C(=O)OCCCS(=O)(=O)[O-])CC1.O=C1CCC(C(=O)OCCS(=O)(=O)[O-])CC1. The molecule has 0 N–H and O–H groups in total. The number of ether oxygens (including phenoxy) is 4. The van der Waals surface area contributed by atoms with E-state index in [1.807, 2.05) is 0 Å². The van der Waals surface area contributed by atoms with Crippen LogP contribution in [-0.2, 0) is 88.2 Å². The Kier molecular flexibility index (Phi) is 74.9. The standard InChI is InChI=1S/3C16H36N.C10H16O6S.C9H20N.C9H14O6S.C9H16O5S.C8H14O5S/c3*1-5-9-13-17(14-10-6-2,15-11-7-3)16-12-8-4;11-9-4-2-8(3-5-9)10(12)16-6-1-7-17(13,14)15;1-10(2,3)9-7-5-4-6-8-9;10-8-3-1-7(2-4-8)9(11)15-5-6-16(12,13)14;10-9(8-4-2-1-3-5-8)14-6-7-15(11,12)13;9-8(7-3-1-2-4-7)13-5-6-14(10,11)12/h3*5-16H2,1-4H3;8H,1-7H2,(H,13,14,15);9H,4-8H2,1-3H3;7H,1-6H2,(H,12,13,14);8H,1-7H2,(H,11,12,13);7H,1-6H2,(H,10,11,12)/q3*+1;;+1;;;/p-4. The Morgan fingerprint density at radius 3 is 0.626 bits per heavy atom.